The van der Waals surface area contributed by atoms with Crippen molar-refractivity contribution in [2.75, 3.05) is 0 Å². The standard InChI is InChI=1S/C12H13BrO2S/c13-9-2-10(16-6-9)5-12(11(14)15)3-7-1-8(7)4-12/h2,6-8H,1,3-5H2,(H,14,15). The van der Waals surface area contributed by atoms with Gasteiger partial charge in [-0.2, -0.15) is 0 Å². The van der Waals surface area contributed by atoms with Gasteiger partial charge in [0.1, 0.15) is 0 Å². The van der Waals surface area contributed by atoms with Gasteiger partial charge in [0.05, 0.1) is 5.41 Å². The lowest BCUT2D eigenvalue weighted by Gasteiger charge is -2.25. The van der Waals surface area contributed by atoms with Gasteiger partial charge in [-0.1, -0.05) is 0 Å². The van der Waals surface area contributed by atoms with Crippen molar-refractivity contribution in [2.45, 2.75) is 25.7 Å². The number of carboxylic acids is 1. The maximum Gasteiger partial charge on any atom is 0.310 e. The maximum atomic E-state index is 11.5. The highest BCUT2D eigenvalue weighted by Gasteiger charge is 2.57. The molecule has 0 amide bonds. The molecule has 2 fully saturated rings. The van der Waals surface area contributed by atoms with Crippen molar-refractivity contribution in [1.82, 2.24) is 0 Å². The summed E-state index contributed by atoms with van der Waals surface area (Å²) in [5, 5.41) is 11.5. The van der Waals surface area contributed by atoms with Crippen LogP contribution in [0.25, 0.3) is 0 Å². The van der Waals surface area contributed by atoms with Gasteiger partial charge >= 0.3 is 5.97 Å². The second-order valence-electron chi connectivity index (χ2n) is 5.16. The summed E-state index contributed by atoms with van der Waals surface area (Å²) >= 11 is 5.08. The monoisotopic (exact) mass is 300 g/mol. The Hall–Kier alpha value is -0.350. The van der Waals surface area contributed by atoms with Crippen LogP contribution in [-0.2, 0) is 11.2 Å². The second kappa shape index (κ2) is 3.57. The van der Waals surface area contributed by atoms with Gasteiger partial charge < -0.3 is 5.11 Å². The van der Waals surface area contributed by atoms with Crippen LogP contribution in [0, 0.1) is 17.3 Å². The van der Waals surface area contributed by atoms with Crippen LogP contribution in [0.1, 0.15) is 24.1 Å². The van der Waals surface area contributed by atoms with Crippen molar-refractivity contribution >= 4 is 33.2 Å². The molecule has 16 heavy (non-hydrogen) atoms. The molecule has 2 unspecified atom stereocenters. The van der Waals surface area contributed by atoms with Crippen molar-refractivity contribution in [3.05, 3.63) is 20.8 Å². The van der Waals surface area contributed by atoms with Gasteiger partial charge in [0.25, 0.3) is 0 Å². The molecule has 2 saturated carbocycles. The van der Waals surface area contributed by atoms with Crippen LogP contribution >= 0.6 is 27.3 Å². The Kier molecular flexibility index (Phi) is 2.41. The number of rotatable bonds is 3. The highest BCUT2D eigenvalue weighted by molar-refractivity contribution is 9.10. The molecule has 0 radical (unpaired) electrons. The molecule has 0 saturated heterocycles. The Bertz CT molecular complexity index is 430. The zero-order chi connectivity index (χ0) is 11.3. The maximum absolute atomic E-state index is 11.5. The van der Waals surface area contributed by atoms with E-state index in [0.29, 0.717) is 18.3 Å². The zero-order valence-electron chi connectivity index (χ0n) is 8.78. The molecular formula is C12H13BrO2S. The minimum atomic E-state index is -0.593. The Morgan fingerprint density at radius 2 is 2.25 bits per heavy atom. The van der Waals surface area contributed by atoms with Crippen LogP contribution < -0.4 is 0 Å². The van der Waals surface area contributed by atoms with Crippen molar-refractivity contribution in [2.24, 2.45) is 17.3 Å². The number of carboxylic acid groups (broad SMARTS) is 1. The minimum Gasteiger partial charge on any atom is -0.481 e. The number of fused-ring (bicyclic) bond motifs is 1. The molecule has 2 atom stereocenters. The van der Waals surface area contributed by atoms with E-state index in [1.54, 1.807) is 11.3 Å². The highest BCUT2D eigenvalue weighted by Crippen LogP contribution is 2.61. The quantitative estimate of drug-likeness (QED) is 0.927. The van der Waals surface area contributed by atoms with E-state index in [1.807, 2.05) is 5.38 Å². The Morgan fingerprint density at radius 3 is 2.75 bits per heavy atom. The summed E-state index contributed by atoms with van der Waals surface area (Å²) in [6.45, 7) is 0. The topological polar surface area (TPSA) is 37.3 Å². The molecule has 1 aromatic heterocycles. The van der Waals surface area contributed by atoms with E-state index in [4.69, 9.17) is 0 Å². The van der Waals surface area contributed by atoms with Crippen LogP contribution in [0.4, 0.5) is 0 Å². The predicted molar refractivity (Wildman–Crippen MR) is 66.6 cm³/mol. The Balaban J connectivity index is 1.82. The number of hydrogen-bond acceptors (Lipinski definition) is 2. The molecule has 1 aromatic rings. The molecule has 2 aliphatic carbocycles. The number of hydrogen-bond donors (Lipinski definition) is 1. The average Bonchev–Trinajstić information content (AvgIpc) is 2.65. The first-order chi connectivity index (χ1) is 7.59. The number of halogens is 1. The van der Waals surface area contributed by atoms with E-state index >= 15 is 0 Å². The summed E-state index contributed by atoms with van der Waals surface area (Å²) < 4.78 is 1.07. The summed E-state index contributed by atoms with van der Waals surface area (Å²) in [4.78, 5) is 12.7. The van der Waals surface area contributed by atoms with Crippen LogP contribution in [0.15, 0.2) is 15.9 Å². The van der Waals surface area contributed by atoms with E-state index in [9.17, 15) is 9.90 Å². The number of carbonyl (C=O) groups is 1. The Labute approximate surface area is 107 Å². The van der Waals surface area contributed by atoms with Crippen molar-refractivity contribution < 1.29 is 9.90 Å². The molecule has 2 nitrogen and oxygen atoms in total. The van der Waals surface area contributed by atoms with Gasteiger partial charge in [-0.05, 0) is 59.5 Å². The molecule has 0 aliphatic heterocycles. The minimum absolute atomic E-state index is 0.460. The second-order valence-corrected chi connectivity index (χ2v) is 7.07. The van der Waals surface area contributed by atoms with Gasteiger partial charge in [0, 0.05) is 14.7 Å². The van der Waals surface area contributed by atoms with Crippen molar-refractivity contribution in [3.63, 3.8) is 0 Å². The first-order valence-corrected chi connectivity index (χ1v) is 7.23. The fourth-order valence-electron chi connectivity index (χ4n) is 3.07. The Morgan fingerprint density at radius 1 is 1.56 bits per heavy atom. The lowest BCUT2D eigenvalue weighted by molar-refractivity contribution is -0.149. The third-order valence-corrected chi connectivity index (χ3v) is 5.66. The summed E-state index contributed by atoms with van der Waals surface area (Å²) in [7, 11) is 0. The first kappa shape index (κ1) is 10.8. The van der Waals surface area contributed by atoms with E-state index in [-0.39, 0.29) is 0 Å². The first-order valence-electron chi connectivity index (χ1n) is 5.55. The van der Waals surface area contributed by atoms with Crippen LogP contribution in [0.5, 0.6) is 0 Å². The van der Waals surface area contributed by atoms with Crippen molar-refractivity contribution in [3.8, 4) is 0 Å². The molecule has 86 valence electrons. The smallest absolute Gasteiger partial charge is 0.310 e. The van der Waals surface area contributed by atoms with Crippen molar-refractivity contribution in [1.29, 1.82) is 0 Å². The van der Waals surface area contributed by atoms with Gasteiger partial charge in [-0.25, -0.2) is 0 Å². The fourth-order valence-corrected chi connectivity index (χ4v) is 4.67. The SMILES string of the molecule is O=C(O)C1(Cc2cc(Br)cs2)CC2CC2C1. The van der Waals surface area contributed by atoms with E-state index < -0.39 is 11.4 Å². The lowest BCUT2D eigenvalue weighted by Crippen LogP contribution is -2.31. The average molecular weight is 301 g/mol. The molecule has 1 N–H and O–H groups in total. The van der Waals surface area contributed by atoms with E-state index in [1.165, 1.54) is 11.3 Å². The van der Waals surface area contributed by atoms with Crippen LogP contribution in [-0.4, -0.2) is 11.1 Å². The summed E-state index contributed by atoms with van der Waals surface area (Å²) in [6, 6.07) is 2.05. The third kappa shape index (κ3) is 1.72. The molecule has 1 heterocycles. The fraction of sp³-hybridized carbons (Fsp3) is 0.583. The van der Waals surface area contributed by atoms with Gasteiger partial charge in [0.15, 0.2) is 0 Å². The molecule has 0 aromatic carbocycles. The lowest BCUT2D eigenvalue weighted by atomic mass is 9.79. The largest absolute Gasteiger partial charge is 0.481 e. The summed E-state index contributed by atoms with van der Waals surface area (Å²) in [6.07, 6.45) is 3.76. The molecule has 2 aliphatic rings. The third-order valence-electron chi connectivity index (χ3n) is 3.96. The molecular weight excluding hydrogens is 288 g/mol. The molecule has 0 bridgehead atoms. The molecule has 0 spiro atoms. The number of thiophene rings is 1. The van der Waals surface area contributed by atoms with Gasteiger partial charge in [-0.3, -0.25) is 4.79 Å². The molecule has 3 rings (SSSR count). The summed E-state index contributed by atoms with van der Waals surface area (Å²) in [5.74, 6) is 0.822. The van der Waals surface area contributed by atoms with Crippen LogP contribution in [0.2, 0.25) is 0 Å². The van der Waals surface area contributed by atoms with Crippen LogP contribution in [0.3, 0.4) is 0 Å². The summed E-state index contributed by atoms with van der Waals surface area (Å²) in [5.41, 5.74) is -0.460. The van der Waals surface area contributed by atoms with E-state index in [2.05, 4.69) is 22.0 Å². The van der Waals surface area contributed by atoms with E-state index in [0.717, 1.165) is 17.3 Å². The van der Waals surface area contributed by atoms with Gasteiger partial charge in [-0.15, -0.1) is 11.3 Å². The molecule has 4 heteroatoms. The highest BCUT2D eigenvalue weighted by atomic mass is 79.9. The zero-order valence-corrected chi connectivity index (χ0v) is 11.2. The van der Waals surface area contributed by atoms with Gasteiger partial charge in [0.2, 0.25) is 0 Å². The number of aliphatic carboxylic acids is 1. The normalized spacial score (nSPS) is 36.1. The predicted octanol–water partition coefficient (Wildman–Crippen LogP) is 3.55.